The van der Waals surface area contributed by atoms with Gasteiger partial charge in [-0.15, -0.1) is 0 Å². The second-order valence-electron chi connectivity index (χ2n) is 3.37. The molecule has 0 atom stereocenters. The summed E-state index contributed by atoms with van der Waals surface area (Å²) in [6.07, 6.45) is 3.22. The van der Waals surface area contributed by atoms with Crippen molar-refractivity contribution >= 4 is 23.2 Å². The van der Waals surface area contributed by atoms with Crippen LogP contribution in [0.3, 0.4) is 0 Å². The molecule has 2 aromatic heterocycles. The van der Waals surface area contributed by atoms with Gasteiger partial charge in [0.2, 0.25) is 0 Å². The average Bonchev–Trinajstić information content (AvgIpc) is 2.77. The van der Waals surface area contributed by atoms with Crippen LogP contribution in [0.2, 0.25) is 5.15 Å². The van der Waals surface area contributed by atoms with Gasteiger partial charge in [-0.05, 0) is 30.7 Å². The minimum absolute atomic E-state index is 0.200. The second-order valence-corrected chi connectivity index (χ2v) is 3.73. The first-order valence-electron chi connectivity index (χ1n) is 4.73. The van der Waals surface area contributed by atoms with Crippen LogP contribution in [0.15, 0.2) is 30.6 Å². The van der Waals surface area contributed by atoms with Gasteiger partial charge < -0.3 is 10.3 Å². The van der Waals surface area contributed by atoms with Crippen LogP contribution in [-0.4, -0.2) is 15.9 Å². The van der Waals surface area contributed by atoms with Gasteiger partial charge in [-0.25, -0.2) is 4.98 Å². The number of nitrogens with zero attached hydrogens (tertiary/aromatic N) is 1. The van der Waals surface area contributed by atoms with Crippen LogP contribution in [0.4, 0.5) is 5.69 Å². The molecule has 16 heavy (non-hydrogen) atoms. The first-order valence-corrected chi connectivity index (χ1v) is 5.11. The lowest BCUT2D eigenvalue weighted by atomic mass is 10.3. The number of anilines is 1. The smallest absolute Gasteiger partial charge is 0.272 e. The Balaban J connectivity index is 2.15. The minimum Gasteiger partial charge on any atom is -0.357 e. The molecule has 0 unspecified atom stereocenters. The Bertz CT molecular complexity index is 508. The van der Waals surface area contributed by atoms with Crippen molar-refractivity contribution in [1.82, 2.24) is 9.97 Å². The van der Waals surface area contributed by atoms with Gasteiger partial charge in [0, 0.05) is 6.20 Å². The van der Waals surface area contributed by atoms with Crippen molar-refractivity contribution in [2.45, 2.75) is 6.92 Å². The van der Waals surface area contributed by atoms with Crippen molar-refractivity contribution in [2.75, 3.05) is 5.32 Å². The van der Waals surface area contributed by atoms with Crippen LogP contribution < -0.4 is 5.32 Å². The number of hydrogen-bond donors (Lipinski definition) is 2. The maximum absolute atomic E-state index is 11.7. The summed E-state index contributed by atoms with van der Waals surface area (Å²) in [5, 5.41) is 3.16. The van der Waals surface area contributed by atoms with Crippen molar-refractivity contribution in [3.63, 3.8) is 0 Å². The summed E-state index contributed by atoms with van der Waals surface area (Å²) in [4.78, 5) is 18.4. The van der Waals surface area contributed by atoms with Crippen LogP contribution in [0, 0.1) is 6.92 Å². The second kappa shape index (κ2) is 4.37. The van der Waals surface area contributed by atoms with Gasteiger partial charge in [-0.2, -0.15) is 0 Å². The average molecular weight is 236 g/mol. The molecule has 2 heterocycles. The van der Waals surface area contributed by atoms with E-state index in [9.17, 15) is 4.79 Å². The number of aromatic nitrogens is 2. The molecular weight excluding hydrogens is 226 g/mol. The molecule has 0 saturated carbocycles. The number of hydrogen-bond acceptors (Lipinski definition) is 2. The van der Waals surface area contributed by atoms with Crippen LogP contribution in [-0.2, 0) is 0 Å². The number of nitrogens with one attached hydrogen (secondary N) is 2. The molecule has 2 rings (SSSR count). The molecule has 0 aliphatic carbocycles. The van der Waals surface area contributed by atoms with E-state index < -0.39 is 0 Å². The quantitative estimate of drug-likeness (QED) is 0.787. The van der Waals surface area contributed by atoms with Crippen LogP contribution in [0.5, 0.6) is 0 Å². The van der Waals surface area contributed by atoms with E-state index in [2.05, 4.69) is 15.3 Å². The number of halogens is 1. The Labute approximate surface area is 97.7 Å². The summed E-state index contributed by atoms with van der Waals surface area (Å²) in [5.74, 6) is -0.200. The minimum atomic E-state index is -0.200. The van der Waals surface area contributed by atoms with Gasteiger partial charge in [-0.3, -0.25) is 4.79 Å². The molecule has 0 aliphatic heterocycles. The molecule has 0 aliphatic rings. The fourth-order valence-electron chi connectivity index (χ4n) is 1.30. The number of pyridine rings is 1. The van der Waals surface area contributed by atoms with E-state index >= 15 is 0 Å². The maximum atomic E-state index is 11.7. The molecular formula is C11H10ClN3O. The number of rotatable bonds is 2. The first kappa shape index (κ1) is 10.7. The van der Waals surface area contributed by atoms with E-state index in [1.807, 2.05) is 6.92 Å². The summed E-state index contributed by atoms with van der Waals surface area (Å²) in [5.41, 5.74) is 1.96. The first-order chi connectivity index (χ1) is 7.66. The summed E-state index contributed by atoms with van der Waals surface area (Å²) in [6, 6.07) is 5.24. The van der Waals surface area contributed by atoms with E-state index in [0.29, 0.717) is 16.5 Å². The van der Waals surface area contributed by atoms with E-state index in [-0.39, 0.29) is 5.91 Å². The lowest BCUT2D eigenvalue weighted by Gasteiger charge is -2.04. The third-order valence-corrected chi connectivity index (χ3v) is 2.51. The monoisotopic (exact) mass is 235 g/mol. The molecule has 0 bridgehead atoms. The van der Waals surface area contributed by atoms with Gasteiger partial charge in [0.1, 0.15) is 10.8 Å². The Hall–Kier alpha value is -1.81. The largest absolute Gasteiger partial charge is 0.357 e. The van der Waals surface area contributed by atoms with Gasteiger partial charge in [0.25, 0.3) is 5.91 Å². The van der Waals surface area contributed by atoms with E-state index in [1.165, 1.54) is 6.20 Å². The predicted octanol–water partition coefficient (Wildman–Crippen LogP) is 2.62. The highest BCUT2D eigenvalue weighted by molar-refractivity contribution is 6.30. The highest BCUT2D eigenvalue weighted by Gasteiger charge is 2.07. The van der Waals surface area contributed by atoms with Gasteiger partial charge in [-0.1, -0.05) is 11.6 Å². The van der Waals surface area contributed by atoms with Gasteiger partial charge in [0.05, 0.1) is 11.9 Å². The summed E-state index contributed by atoms with van der Waals surface area (Å²) >= 11 is 5.79. The van der Waals surface area contributed by atoms with E-state index in [1.54, 1.807) is 24.4 Å². The third kappa shape index (κ3) is 2.23. The SMILES string of the molecule is Cc1cc(NC(=O)c2ccc[nH]2)cnc1Cl. The Morgan fingerprint density at radius 3 is 3.00 bits per heavy atom. The zero-order valence-electron chi connectivity index (χ0n) is 8.62. The molecule has 2 N–H and O–H groups in total. The topological polar surface area (TPSA) is 57.8 Å². The Morgan fingerprint density at radius 1 is 1.56 bits per heavy atom. The molecule has 0 radical (unpaired) electrons. The zero-order valence-corrected chi connectivity index (χ0v) is 9.38. The third-order valence-electron chi connectivity index (χ3n) is 2.11. The number of aromatic amines is 1. The van der Waals surface area contributed by atoms with Gasteiger partial charge in [0.15, 0.2) is 0 Å². The maximum Gasteiger partial charge on any atom is 0.272 e. The molecule has 0 spiro atoms. The zero-order chi connectivity index (χ0) is 11.5. The van der Waals surface area contributed by atoms with Crippen LogP contribution in [0.1, 0.15) is 16.1 Å². The molecule has 4 nitrogen and oxygen atoms in total. The Kier molecular flexibility index (Phi) is 2.92. The summed E-state index contributed by atoms with van der Waals surface area (Å²) in [6.45, 7) is 1.83. The van der Waals surface area contributed by atoms with Crippen molar-refractivity contribution in [2.24, 2.45) is 0 Å². The van der Waals surface area contributed by atoms with Crippen molar-refractivity contribution in [3.05, 3.63) is 47.0 Å². The molecule has 1 amide bonds. The molecule has 82 valence electrons. The number of aryl methyl sites for hydroxylation is 1. The standard InChI is InChI=1S/C11H10ClN3O/c1-7-5-8(6-14-10(7)12)15-11(16)9-3-2-4-13-9/h2-6,13H,1H3,(H,15,16). The lowest BCUT2D eigenvalue weighted by molar-refractivity contribution is 0.102. The van der Waals surface area contributed by atoms with E-state index in [0.717, 1.165) is 5.56 Å². The fourth-order valence-corrected chi connectivity index (χ4v) is 1.40. The predicted molar refractivity (Wildman–Crippen MR) is 62.7 cm³/mol. The molecule has 0 saturated heterocycles. The molecule has 5 heteroatoms. The van der Waals surface area contributed by atoms with Crippen molar-refractivity contribution in [1.29, 1.82) is 0 Å². The number of carbonyl (C=O) groups is 1. The Morgan fingerprint density at radius 2 is 2.38 bits per heavy atom. The van der Waals surface area contributed by atoms with Crippen LogP contribution in [0.25, 0.3) is 0 Å². The highest BCUT2D eigenvalue weighted by atomic mass is 35.5. The summed E-state index contributed by atoms with van der Waals surface area (Å²) < 4.78 is 0. The normalized spacial score (nSPS) is 10.1. The van der Waals surface area contributed by atoms with E-state index in [4.69, 9.17) is 11.6 Å². The summed E-state index contributed by atoms with van der Waals surface area (Å²) in [7, 11) is 0. The molecule has 0 fully saturated rings. The number of amides is 1. The lowest BCUT2D eigenvalue weighted by Crippen LogP contribution is -2.12. The number of H-pyrrole nitrogens is 1. The van der Waals surface area contributed by atoms with Crippen molar-refractivity contribution < 1.29 is 4.79 Å². The highest BCUT2D eigenvalue weighted by Crippen LogP contribution is 2.16. The van der Waals surface area contributed by atoms with Crippen LogP contribution >= 0.6 is 11.6 Å². The number of carbonyl (C=O) groups excluding carboxylic acids is 1. The molecule has 2 aromatic rings. The van der Waals surface area contributed by atoms with Crippen molar-refractivity contribution in [3.8, 4) is 0 Å². The van der Waals surface area contributed by atoms with Gasteiger partial charge >= 0.3 is 0 Å². The molecule has 0 aromatic carbocycles. The fraction of sp³-hybridized carbons (Fsp3) is 0.0909.